The molecule has 0 saturated heterocycles. The Morgan fingerprint density at radius 3 is 2.32 bits per heavy atom. The van der Waals surface area contributed by atoms with E-state index < -0.39 is 0 Å². The van der Waals surface area contributed by atoms with Gasteiger partial charge in [0.2, 0.25) is 5.91 Å². The molecular weight excluding hydrogens is 294 g/mol. The lowest BCUT2D eigenvalue weighted by Gasteiger charge is -2.05. The van der Waals surface area contributed by atoms with Crippen LogP contribution in [-0.2, 0) is 4.79 Å². The van der Waals surface area contributed by atoms with Crippen LogP contribution in [-0.4, -0.2) is 17.4 Å². The lowest BCUT2D eigenvalue weighted by atomic mass is 10.1. The van der Waals surface area contributed by atoms with E-state index in [9.17, 15) is 9.59 Å². The van der Waals surface area contributed by atoms with Crippen molar-refractivity contribution in [1.82, 2.24) is 0 Å². The molecule has 0 aromatic heterocycles. The zero-order valence-electron chi connectivity index (χ0n) is 12.1. The van der Waals surface area contributed by atoms with Gasteiger partial charge in [-0.3, -0.25) is 9.59 Å². The molecule has 0 heterocycles. The van der Waals surface area contributed by atoms with Gasteiger partial charge in [-0.05, 0) is 37.1 Å². The molecule has 0 radical (unpaired) electrons. The topological polar surface area (TPSA) is 46.2 Å². The summed E-state index contributed by atoms with van der Waals surface area (Å²) in [5.41, 5.74) is 1.58. The molecule has 1 amide bonds. The highest BCUT2D eigenvalue weighted by Crippen LogP contribution is 2.33. The number of para-hydroxylation sites is 1. The molecule has 3 nitrogen and oxygen atoms in total. The number of hydrogen-bond donors (Lipinski definition) is 1. The summed E-state index contributed by atoms with van der Waals surface area (Å²) >= 11 is 1.47. The zero-order valence-corrected chi connectivity index (χ0v) is 12.9. The molecule has 0 spiro atoms. The molecule has 1 fully saturated rings. The summed E-state index contributed by atoms with van der Waals surface area (Å²) in [5.74, 6) is 0.813. The maximum Gasteiger partial charge on any atom is 0.234 e. The quantitative estimate of drug-likeness (QED) is 0.647. The Bertz CT molecular complexity index is 663. The fourth-order valence-electron chi connectivity index (χ4n) is 2.16. The predicted molar refractivity (Wildman–Crippen MR) is 89.3 cm³/mol. The fourth-order valence-corrected chi connectivity index (χ4v) is 2.86. The van der Waals surface area contributed by atoms with Gasteiger partial charge in [0.05, 0.1) is 5.75 Å². The third-order valence-corrected chi connectivity index (χ3v) is 4.53. The molecule has 0 unspecified atom stereocenters. The van der Waals surface area contributed by atoms with Gasteiger partial charge in [-0.15, -0.1) is 11.8 Å². The third-order valence-electron chi connectivity index (χ3n) is 3.51. The van der Waals surface area contributed by atoms with Crippen molar-refractivity contribution in [3.63, 3.8) is 0 Å². The number of carbonyl (C=O) groups excluding carboxylic acids is 2. The van der Waals surface area contributed by atoms with E-state index in [-0.39, 0.29) is 17.6 Å². The van der Waals surface area contributed by atoms with Crippen LogP contribution in [0.15, 0.2) is 59.5 Å². The van der Waals surface area contributed by atoms with E-state index in [4.69, 9.17) is 0 Å². The Morgan fingerprint density at radius 1 is 1.00 bits per heavy atom. The molecule has 0 atom stereocenters. The summed E-state index contributed by atoms with van der Waals surface area (Å²) < 4.78 is 0. The van der Waals surface area contributed by atoms with Crippen molar-refractivity contribution in [2.45, 2.75) is 17.7 Å². The van der Waals surface area contributed by atoms with Crippen LogP contribution in [0, 0.1) is 5.92 Å². The maximum absolute atomic E-state index is 11.9. The van der Waals surface area contributed by atoms with E-state index in [1.165, 1.54) is 11.8 Å². The summed E-state index contributed by atoms with van der Waals surface area (Å²) in [5, 5.41) is 2.85. The van der Waals surface area contributed by atoms with Crippen LogP contribution in [0.4, 0.5) is 5.69 Å². The van der Waals surface area contributed by atoms with Gasteiger partial charge in [-0.1, -0.05) is 30.3 Å². The lowest BCUT2D eigenvalue weighted by Crippen LogP contribution is -2.13. The van der Waals surface area contributed by atoms with E-state index in [0.29, 0.717) is 5.75 Å². The van der Waals surface area contributed by atoms with Gasteiger partial charge in [0.1, 0.15) is 0 Å². The van der Waals surface area contributed by atoms with Crippen molar-refractivity contribution < 1.29 is 9.59 Å². The first-order chi connectivity index (χ1) is 10.7. The van der Waals surface area contributed by atoms with Crippen molar-refractivity contribution >= 4 is 29.1 Å². The average molecular weight is 311 g/mol. The molecule has 2 aromatic rings. The number of benzene rings is 2. The van der Waals surface area contributed by atoms with Crippen LogP contribution in [0.2, 0.25) is 0 Å². The van der Waals surface area contributed by atoms with Crippen molar-refractivity contribution in [2.24, 2.45) is 5.92 Å². The summed E-state index contributed by atoms with van der Waals surface area (Å²) in [4.78, 5) is 24.8. The lowest BCUT2D eigenvalue weighted by molar-refractivity contribution is -0.113. The summed E-state index contributed by atoms with van der Waals surface area (Å²) in [6.07, 6.45) is 2.05. The van der Waals surface area contributed by atoms with Crippen LogP contribution >= 0.6 is 11.8 Å². The smallest absolute Gasteiger partial charge is 0.234 e. The van der Waals surface area contributed by atoms with Crippen LogP contribution in [0.3, 0.4) is 0 Å². The Morgan fingerprint density at radius 2 is 1.68 bits per heavy atom. The van der Waals surface area contributed by atoms with Crippen molar-refractivity contribution in [3.8, 4) is 0 Å². The van der Waals surface area contributed by atoms with Gasteiger partial charge in [-0.2, -0.15) is 0 Å². The van der Waals surface area contributed by atoms with Crippen molar-refractivity contribution in [1.29, 1.82) is 0 Å². The Kier molecular flexibility index (Phi) is 4.59. The second kappa shape index (κ2) is 6.79. The largest absolute Gasteiger partial charge is 0.325 e. The van der Waals surface area contributed by atoms with Gasteiger partial charge < -0.3 is 5.32 Å². The number of anilines is 1. The SMILES string of the molecule is O=C(CSc1ccc(C(=O)C2CC2)cc1)Nc1ccccc1. The number of thioether (sulfide) groups is 1. The molecule has 22 heavy (non-hydrogen) atoms. The number of amides is 1. The second-order valence-electron chi connectivity index (χ2n) is 5.37. The van der Waals surface area contributed by atoms with E-state index in [1.54, 1.807) is 0 Å². The number of ketones is 1. The monoisotopic (exact) mass is 311 g/mol. The van der Waals surface area contributed by atoms with E-state index in [0.717, 1.165) is 29.0 Å². The number of nitrogens with one attached hydrogen (secondary N) is 1. The van der Waals surface area contributed by atoms with Crippen molar-refractivity contribution in [2.75, 3.05) is 11.1 Å². The molecule has 112 valence electrons. The molecule has 1 aliphatic carbocycles. The average Bonchev–Trinajstić information content (AvgIpc) is 3.39. The highest BCUT2D eigenvalue weighted by atomic mass is 32.2. The third kappa shape index (κ3) is 3.98. The van der Waals surface area contributed by atoms with Gasteiger partial charge in [0.15, 0.2) is 5.78 Å². The van der Waals surface area contributed by atoms with Crippen LogP contribution in [0.5, 0.6) is 0 Å². The zero-order chi connectivity index (χ0) is 15.4. The molecule has 0 aliphatic heterocycles. The molecule has 0 bridgehead atoms. The minimum Gasteiger partial charge on any atom is -0.325 e. The van der Waals surface area contributed by atoms with Gasteiger partial charge in [-0.25, -0.2) is 0 Å². The standard InChI is InChI=1S/C18H17NO2S/c20-17(19-15-4-2-1-3-5-15)12-22-16-10-8-14(9-11-16)18(21)13-6-7-13/h1-5,8-11,13H,6-7,12H2,(H,19,20). The fraction of sp³-hybridized carbons (Fsp3) is 0.222. The Hall–Kier alpha value is -2.07. The Balaban J connectivity index is 1.50. The first-order valence-corrected chi connectivity index (χ1v) is 8.33. The van der Waals surface area contributed by atoms with Gasteiger partial charge >= 0.3 is 0 Å². The number of Topliss-reactive ketones (excluding diaryl/α,β-unsaturated/α-hetero) is 1. The van der Waals surface area contributed by atoms with Crippen LogP contribution in [0.1, 0.15) is 23.2 Å². The molecule has 3 rings (SSSR count). The molecule has 4 heteroatoms. The minimum absolute atomic E-state index is 0.0330. The highest BCUT2D eigenvalue weighted by molar-refractivity contribution is 8.00. The first-order valence-electron chi connectivity index (χ1n) is 7.34. The van der Waals surface area contributed by atoms with E-state index in [2.05, 4.69) is 5.32 Å². The number of hydrogen-bond acceptors (Lipinski definition) is 3. The Labute approximate surface area is 134 Å². The minimum atomic E-state index is -0.0330. The summed E-state index contributed by atoms with van der Waals surface area (Å²) in [6.45, 7) is 0. The maximum atomic E-state index is 11.9. The summed E-state index contributed by atoms with van der Waals surface area (Å²) in [6, 6.07) is 17.0. The van der Waals surface area contributed by atoms with Gasteiger partial charge in [0.25, 0.3) is 0 Å². The van der Waals surface area contributed by atoms with Gasteiger partial charge in [0, 0.05) is 22.1 Å². The van der Waals surface area contributed by atoms with E-state index >= 15 is 0 Å². The number of carbonyl (C=O) groups is 2. The molecule has 1 saturated carbocycles. The second-order valence-corrected chi connectivity index (χ2v) is 6.41. The van der Waals surface area contributed by atoms with Crippen molar-refractivity contribution in [3.05, 3.63) is 60.2 Å². The van der Waals surface area contributed by atoms with E-state index in [1.807, 2.05) is 54.6 Å². The van der Waals surface area contributed by atoms with Crippen LogP contribution in [0.25, 0.3) is 0 Å². The summed E-state index contributed by atoms with van der Waals surface area (Å²) in [7, 11) is 0. The normalized spacial score (nSPS) is 13.6. The molecule has 1 aliphatic rings. The highest BCUT2D eigenvalue weighted by Gasteiger charge is 2.30. The van der Waals surface area contributed by atoms with Crippen LogP contribution < -0.4 is 5.32 Å². The molecular formula is C18H17NO2S. The predicted octanol–water partition coefficient (Wildman–Crippen LogP) is 4.01. The molecule has 1 N–H and O–H groups in total. The first kappa shape index (κ1) is 14.9. The molecule has 2 aromatic carbocycles. The number of rotatable bonds is 6.